The van der Waals surface area contributed by atoms with Gasteiger partial charge >= 0.3 is 0 Å². The van der Waals surface area contributed by atoms with Crippen LogP contribution in [0.15, 0.2) is 152 Å². The van der Waals surface area contributed by atoms with Gasteiger partial charge in [0, 0.05) is 41.9 Å². The molecule has 0 fully saturated rings. The van der Waals surface area contributed by atoms with Crippen molar-refractivity contribution in [1.82, 2.24) is 14.5 Å². The molecule has 46 heavy (non-hydrogen) atoms. The number of fused-ring (bicyclic) bond motifs is 9. The van der Waals surface area contributed by atoms with Gasteiger partial charge in [0.15, 0.2) is 0 Å². The number of para-hydroxylation sites is 2. The van der Waals surface area contributed by atoms with E-state index >= 15 is 0 Å². The van der Waals surface area contributed by atoms with E-state index in [0.29, 0.717) is 5.95 Å². The molecular weight excluding hydrogens is 579 g/mol. The van der Waals surface area contributed by atoms with Crippen molar-refractivity contribution in [3.05, 3.63) is 152 Å². The summed E-state index contributed by atoms with van der Waals surface area (Å²) in [7, 11) is 0. The fourth-order valence-corrected chi connectivity index (χ4v) is 8.37. The molecule has 3 heterocycles. The molecule has 3 aromatic heterocycles. The van der Waals surface area contributed by atoms with Crippen molar-refractivity contribution in [2.75, 3.05) is 0 Å². The zero-order valence-electron chi connectivity index (χ0n) is 24.7. The first kappa shape index (κ1) is 25.5. The molecule has 10 aromatic rings. The summed E-state index contributed by atoms with van der Waals surface area (Å²) in [5.74, 6) is 0.677. The summed E-state index contributed by atoms with van der Waals surface area (Å²) < 4.78 is 4.89. The summed E-state index contributed by atoms with van der Waals surface area (Å²) in [6, 6.07) is 54.1. The highest BCUT2D eigenvalue weighted by atomic mass is 32.1. The fourth-order valence-electron chi connectivity index (χ4n) is 7.14. The van der Waals surface area contributed by atoms with E-state index in [1.807, 2.05) is 23.5 Å². The molecule has 0 aliphatic rings. The van der Waals surface area contributed by atoms with Crippen LogP contribution in [0, 0.1) is 0 Å². The standard InChI is InChI=1S/C42H25N3S/c1-2-11-26(12-3-1)40-33-14-4-7-18-35(33)43-42(44-40)45-36-19-8-5-15-34(36)39-29-23-21-28(25-27(29)22-24-37(39)45)30-16-10-17-32-31-13-6-9-20-38(31)46-41(30)32/h1-25H. The number of nitrogens with zero attached hydrogens (tertiary/aromatic N) is 3. The normalized spacial score (nSPS) is 11.9. The van der Waals surface area contributed by atoms with Gasteiger partial charge in [-0.2, -0.15) is 0 Å². The summed E-state index contributed by atoms with van der Waals surface area (Å²) in [5.41, 5.74) is 7.65. The van der Waals surface area contributed by atoms with Crippen molar-refractivity contribution in [2.45, 2.75) is 0 Å². The van der Waals surface area contributed by atoms with Gasteiger partial charge in [0.2, 0.25) is 5.95 Å². The van der Waals surface area contributed by atoms with Gasteiger partial charge in [0.05, 0.1) is 22.2 Å². The SMILES string of the molecule is c1ccc(-c2nc(-n3c4ccccc4c4c5ccc(-c6cccc7c6sc6ccccc67)cc5ccc43)nc3ccccc23)cc1. The summed E-state index contributed by atoms with van der Waals surface area (Å²) in [4.78, 5) is 10.4. The quantitative estimate of drug-likeness (QED) is 0.201. The van der Waals surface area contributed by atoms with Crippen LogP contribution < -0.4 is 0 Å². The molecule has 0 saturated carbocycles. The molecule has 0 saturated heterocycles. The third-order valence-electron chi connectivity index (χ3n) is 9.21. The summed E-state index contributed by atoms with van der Waals surface area (Å²) in [6.07, 6.45) is 0. The number of hydrogen-bond acceptors (Lipinski definition) is 3. The average molecular weight is 604 g/mol. The Hall–Kier alpha value is -5.84. The molecule has 0 aliphatic carbocycles. The van der Waals surface area contributed by atoms with Crippen LogP contribution in [0.4, 0.5) is 0 Å². The Kier molecular flexibility index (Phi) is 5.45. The van der Waals surface area contributed by atoms with E-state index in [4.69, 9.17) is 9.97 Å². The molecule has 0 radical (unpaired) electrons. The topological polar surface area (TPSA) is 30.7 Å². The minimum atomic E-state index is 0.677. The van der Waals surface area contributed by atoms with Crippen molar-refractivity contribution in [2.24, 2.45) is 0 Å². The Labute approximate surface area is 268 Å². The Morgan fingerprint density at radius 3 is 2.15 bits per heavy atom. The van der Waals surface area contributed by atoms with Crippen LogP contribution >= 0.6 is 11.3 Å². The minimum Gasteiger partial charge on any atom is -0.278 e. The van der Waals surface area contributed by atoms with Gasteiger partial charge < -0.3 is 0 Å². The van der Waals surface area contributed by atoms with E-state index in [9.17, 15) is 0 Å². The van der Waals surface area contributed by atoms with Gasteiger partial charge in [0.25, 0.3) is 0 Å². The molecule has 0 amide bonds. The molecular formula is C42H25N3S. The molecule has 0 atom stereocenters. The number of rotatable bonds is 3. The third-order valence-corrected chi connectivity index (χ3v) is 10.4. The van der Waals surface area contributed by atoms with Crippen LogP contribution in [0.1, 0.15) is 0 Å². The monoisotopic (exact) mass is 603 g/mol. The zero-order valence-corrected chi connectivity index (χ0v) is 25.5. The Bertz CT molecular complexity index is 2810. The predicted octanol–water partition coefficient (Wildman–Crippen LogP) is 11.6. The van der Waals surface area contributed by atoms with Crippen LogP contribution in [-0.2, 0) is 0 Å². The van der Waals surface area contributed by atoms with Crippen molar-refractivity contribution in [3.63, 3.8) is 0 Å². The second-order valence-corrected chi connectivity index (χ2v) is 12.8. The minimum absolute atomic E-state index is 0.677. The predicted molar refractivity (Wildman–Crippen MR) is 195 cm³/mol. The van der Waals surface area contributed by atoms with Crippen LogP contribution in [0.3, 0.4) is 0 Å². The van der Waals surface area contributed by atoms with Crippen molar-refractivity contribution in [1.29, 1.82) is 0 Å². The lowest BCUT2D eigenvalue weighted by molar-refractivity contribution is 1.01. The molecule has 0 aliphatic heterocycles. The number of benzene rings is 7. The molecule has 4 heteroatoms. The molecule has 0 spiro atoms. The Morgan fingerprint density at radius 2 is 1.24 bits per heavy atom. The van der Waals surface area contributed by atoms with Gasteiger partial charge in [-0.25, -0.2) is 9.97 Å². The summed E-state index contributed by atoms with van der Waals surface area (Å²) >= 11 is 1.88. The number of hydrogen-bond donors (Lipinski definition) is 0. The lowest BCUT2D eigenvalue weighted by Crippen LogP contribution is -2.03. The van der Waals surface area contributed by atoms with Gasteiger partial charge in [0.1, 0.15) is 0 Å². The smallest absolute Gasteiger partial charge is 0.235 e. The van der Waals surface area contributed by atoms with E-state index in [1.54, 1.807) is 0 Å². The van der Waals surface area contributed by atoms with Gasteiger partial charge in [-0.1, -0.05) is 121 Å². The first-order chi connectivity index (χ1) is 22.8. The lowest BCUT2D eigenvalue weighted by atomic mass is 9.97. The maximum atomic E-state index is 5.25. The highest BCUT2D eigenvalue weighted by Gasteiger charge is 2.19. The molecule has 0 unspecified atom stereocenters. The maximum absolute atomic E-state index is 5.25. The molecule has 0 bridgehead atoms. The highest BCUT2D eigenvalue weighted by Crippen LogP contribution is 2.42. The second-order valence-electron chi connectivity index (χ2n) is 11.8. The Balaban J connectivity index is 1.22. The molecule has 7 aromatic carbocycles. The van der Waals surface area contributed by atoms with Gasteiger partial charge in [-0.3, -0.25) is 4.57 Å². The number of aromatic nitrogens is 3. The van der Waals surface area contributed by atoms with Crippen LogP contribution in [0.5, 0.6) is 0 Å². The van der Waals surface area contributed by atoms with Crippen molar-refractivity contribution < 1.29 is 0 Å². The van der Waals surface area contributed by atoms with Crippen molar-refractivity contribution in [3.8, 4) is 28.3 Å². The van der Waals surface area contributed by atoms with Gasteiger partial charge in [-0.15, -0.1) is 11.3 Å². The first-order valence-electron chi connectivity index (χ1n) is 15.5. The maximum Gasteiger partial charge on any atom is 0.235 e. The zero-order chi connectivity index (χ0) is 30.2. The molecule has 0 N–H and O–H groups in total. The van der Waals surface area contributed by atoms with Crippen LogP contribution in [0.25, 0.3) is 92.0 Å². The van der Waals surface area contributed by atoms with Gasteiger partial charge in [-0.05, 0) is 52.2 Å². The van der Waals surface area contributed by atoms with E-state index in [-0.39, 0.29) is 0 Å². The largest absolute Gasteiger partial charge is 0.278 e. The first-order valence-corrected chi connectivity index (χ1v) is 16.3. The van der Waals surface area contributed by atoms with Crippen LogP contribution in [0.2, 0.25) is 0 Å². The molecule has 10 rings (SSSR count). The van der Waals surface area contributed by atoms with Crippen LogP contribution in [-0.4, -0.2) is 14.5 Å². The highest BCUT2D eigenvalue weighted by molar-refractivity contribution is 7.26. The van der Waals surface area contributed by atoms with E-state index < -0.39 is 0 Å². The van der Waals surface area contributed by atoms with E-state index in [1.165, 1.54) is 52.8 Å². The number of thiophene rings is 1. The molecule has 3 nitrogen and oxygen atoms in total. The second kappa shape index (κ2) is 9.83. The Morgan fingerprint density at radius 1 is 0.478 bits per heavy atom. The van der Waals surface area contributed by atoms with Crippen molar-refractivity contribution >= 4 is 75.0 Å². The average Bonchev–Trinajstić information content (AvgIpc) is 3.67. The molecule has 214 valence electrons. The lowest BCUT2D eigenvalue weighted by Gasteiger charge is -2.12. The van der Waals surface area contributed by atoms with E-state index in [0.717, 1.165) is 33.2 Å². The third kappa shape index (κ3) is 3.71. The summed E-state index contributed by atoms with van der Waals surface area (Å²) in [5, 5.41) is 8.55. The summed E-state index contributed by atoms with van der Waals surface area (Å²) in [6.45, 7) is 0. The van der Waals surface area contributed by atoms with E-state index in [2.05, 4.69) is 144 Å². The fraction of sp³-hybridized carbons (Fsp3) is 0.